The fourth-order valence-electron chi connectivity index (χ4n) is 1.68. The fourth-order valence-corrected chi connectivity index (χ4v) is 1.68. The van der Waals surface area contributed by atoms with E-state index in [9.17, 15) is 19.8 Å². The predicted octanol–water partition coefficient (Wildman–Crippen LogP) is 1.51. The Hall–Kier alpha value is -2.52. The Balaban J connectivity index is 0.000000443. The molecule has 2 rings (SSSR count). The molecule has 0 spiro atoms. The molecule has 2 aromatic rings. The zero-order valence-electron chi connectivity index (χ0n) is 14.3. The van der Waals surface area contributed by atoms with Gasteiger partial charge in [-0.25, -0.2) is 0 Å². The monoisotopic (exact) mass is 386 g/mol. The number of carbonyl (C=O) groups is 2. The zero-order valence-corrected chi connectivity index (χ0v) is 17.2. The topological polar surface area (TPSA) is 80.3 Å². The quantitative estimate of drug-likeness (QED) is 0.588. The number of benzene rings is 2. The summed E-state index contributed by atoms with van der Waals surface area (Å²) in [6.07, 6.45) is 5.05. The molecule has 5 heteroatoms. The molecule has 0 atom stereocenters. The smallest absolute Gasteiger partial charge is 0.545 e. The van der Waals surface area contributed by atoms with Crippen molar-refractivity contribution in [3.8, 4) is 0 Å². The van der Waals surface area contributed by atoms with Gasteiger partial charge >= 0.3 is 19.5 Å². The van der Waals surface area contributed by atoms with E-state index in [2.05, 4.69) is 0 Å². The molecule has 0 fully saturated rings. The third-order valence-electron chi connectivity index (χ3n) is 2.98. The van der Waals surface area contributed by atoms with E-state index < -0.39 is 11.9 Å². The van der Waals surface area contributed by atoms with Crippen molar-refractivity contribution in [2.24, 2.45) is 0 Å². The minimum absolute atomic E-state index is 0. The van der Waals surface area contributed by atoms with Gasteiger partial charge in [-0.3, -0.25) is 0 Å². The summed E-state index contributed by atoms with van der Waals surface area (Å²) in [5.74, 6) is -2.34. The average molecular weight is 388 g/mol. The van der Waals surface area contributed by atoms with Gasteiger partial charge in [-0.2, -0.15) is 0 Å². The number of rotatable bonds is 4. The normalized spacial score (nSPS) is 10.0. The van der Waals surface area contributed by atoms with E-state index in [0.29, 0.717) is 0 Å². The maximum Gasteiger partial charge on any atom is 2.00 e. The molecule has 124 valence electrons. The molecule has 0 aliphatic carbocycles. The van der Waals surface area contributed by atoms with Crippen molar-refractivity contribution >= 4 is 24.1 Å². The van der Waals surface area contributed by atoms with Crippen LogP contribution in [0.4, 0.5) is 0 Å². The van der Waals surface area contributed by atoms with Crippen LogP contribution in [0.1, 0.15) is 22.3 Å². The van der Waals surface area contributed by atoms with Crippen LogP contribution < -0.4 is 10.2 Å². The molecule has 0 aliphatic rings. The molecule has 0 heterocycles. The molecular formula is C20H18O4Zn. The predicted molar refractivity (Wildman–Crippen MR) is 90.4 cm³/mol. The largest absolute Gasteiger partial charge is 2.00 e. The number of aliphatic carboxylic acids is 2. The van der Waals surface area contributed by atoms with Crippen LogP contribution in [0.2, 0.25) is 0 Å². The van der Waals surface area contributed by atoms with Gasteiger partial charge in [0.15, 0.2) is 0 Å². The molecule has 0 amide bonds. The zero-order chi connectivity index (χ0) is 17.9. The Labute approximate surface area is 160 Å². The molecule has 25 heavy (non-hydrogen) atoms. The molecular weight excluding hydrogens is 370 g/mol. The SMILES string of the molecule is Cc1ccc(C=CC(=O)[O-])cc1.Cc1ccc(C=CC(=O)[O-])cc1.[Zn+2]. The molecule has 0 aliphatic heterocycles. The third kappa shape index (κ3) is 10.8. The van der Waals surface area contributed by atoms with Gasteiger partial charge in [0.1, 0.15) is 0 Å². The number of carboxylic acid groups (broad SMARTS) is 2. The molecule has 0 radical (unpaired) electrons. The summed E-state index contributed by atoms with van der Waals surface area (Å²) in [6, 6.07) is 15.1. The van der Waals surface area contributed by atoms with Crippen molar-refractivity contribution in [2.45, 2.75) is 13.8 Å². The van der Waals surface area contributed by atoms with E-state index in [-0.39, 0.29) is 19.5 Å². The summed E-state index contributed by atoms with van der Waals surface area (Å²) in [6.45, 7) is 3.96. The van der Waals surface area contributed by atoms with Crippen molar-refractivity contribution in [3.63, 3.8) is 0 Å². The summed E-state index contributed by atoms with van der Waals surface area (Å²) in [7, 11) is 0. The summed E-state index contributed by atoms with van der Waals surface area (Å²) in [5, 5.41) is 20.1. The van der Waals surface area contributed by atoms with Crippen LogP contribution in [-0.2, 0) is 29.1 Å². The van der Waals surface area contributed by atoms with Crippen molar-refractivity contribution in [2.75, 3.05) is 0 Å². The summed E-state index contributed by atoms with van der Waals surface area (Å²) in [5.41, 5.74) is 4.04. The van der Waals surface area contributed by atoms with E-state index in [1.807, 2.05) is 62.4 Å². The van der Waals surface area contributed by atoms with E-state index in [0.717, 1.165) is 34.4 Å². The van der Waals surface area contributed by atoms with Crippen molar-refractivity contribution in [1.29, 1.82) is 0 Å². The van der Waals surface area contributed by atoms with Gasteiger partial charge in [-0.15, -0.1) is 0 Å². The molecule has 0 unspecified atom stereocenters. The Morgan fingerprint density at radius 3 is 1.20 bits per heavy atom. The van der Waals surface area contributed by atoms with Crippen molar-refractivity contribution in [3.05, 3.63) is 82.9 Å². The molecule has 0 saturated carbocycles. The van der Waals surface area contributed by atoms with Gasteiger partial charge in [0.2, 0.25) is 0 Å². The van der Waals surface area contributed by atoms with Crippen LogP contribution in [0.5, 0.6) is 0 Å². The second-order valence-electron chi connectivity index (χ2n) is 5.13. The van der Waals surface area contributed by atoms with Crippen LogP contribution >= 0.6 is 0 Å². The Kier molecular flexibility index (Phi) is 10.7. The minimum Gasteiger partial charge on any atom is -0.545 e. The number of hydrogen-bond acceptors (Lipinski definition) is 4. The molecule has 0 aromatic heterocycles. The second kappa shape index (κ2) is 11.9. The van der Waals surface area contributed by atoms with Crippen LogP contribution in [-0.4, -0.2) is 11.9 Å². The standard InChI is InChI=1S/2C10H10O2.Zn/c2*1-8-2-4-9(5-3-8)6-7-10(11)12;/h2*2-7H,1H3,(H,11,12);/q;;+2/p-2. The fraction of sp³-hybridized carbons (Fsp3) is 0.100. The van der Waals surface area contributed by atoms with E-state index in [1.54, 1.807) is 0 Å². The summed E-state index contributed by atoms with van der Waals surface area (Å²) < 4.78 is 0. The van der Waals surface area contributed by atoms with Gasteiger partial charge in [0, 0.05) is 0 Å². The minimum atomic E-state index is -1.17. The van der Waals surface area contributed by atoms with Gasteiger partial charge in [0.05, 0.1) is 11.9 Å². The second-order valence-corrected chi connectivity index (χ2v) is 5.13. The van der Waals surface area contributed by atoms with Gasteiger partial charge in [0.25, 0.3) is 0 Å². The van der Waals surface area contributed by atoms with Gasteiger partial charge < -0.3 is 19.8 Å². The number of carboxylic acids is 2. The average Bonchev–Trinajstić information content (AvgIpc) is 2.54. The van der Waals surface area contributed by atoms with Crippen LogP contribution in [0.15, 0.2) is 60.7 Å². The summed E-state index contributed by atoms with van der Waals surface area (Å²) in [4.78, 5) is 20.1. The van der Waals surface area contributed by atoms with Crippen LogP contribution in [0.3, 0.4) is 0 Å². The Morgan fingerprint density at radius 2 is 0.960 bits per heavy atom. The Morgan fingerprint density at radius 1 is 0.680 bits per heavy atom. The third-order valence-corrected chi connectivity index (χ3v) is 2.98. The Bertz CT molecular complexity index is 664. The first-order valence-corrected chi connectivity index (χ1v) is 7.28. The molecule has 2 aromatic carbocycles. The molecule has 0 bridgehead atoms. The van der Waals surface area contributed by atoms with Gasteiger partial charge in [-0.1, -0.05) is 71.8 Å². The first-order valence-electron chi connectivity index (χ1n) is 7.28. The summed E-state index contributed by atoms with van der Waals surface area (Å²) >= 11 is 0. The van der Waals surface area contributed by atoms with E-state index >= 15 is 0 Å². The molecule has 0 saturated heterocycles. The maximum atomic E-state index is 10.0. The van der Waals surface area contributed by atoms with E-state index in [4.69, 9.17) is 0 Å². The molecule has 4 nitrogen and oxygen atoms in total. The first-order chi connectivity index (χ1) is 11.4. The van der Waals surface area contributed by atoms with Crippen LogP contribution in [0.25, 0.3) is 12.2 Å². The first kappa shape index (κ1) is 22.5. The van der Waals surface area contributed by atoms with Crippen molar-refractivity contribution in [1.82, 2.24) is 0 Å². The number of aryl methyl sites for hydroxylation is 2. The van der Waals surface area contributed by atoms with E-state index in [1.165, 1.54) is 12.2 Å². The van der Waals surface area contributed by atoms with Gasteiger partial charge in [-0.05, 0) is 37.1 Å². The van der Waals surface area contributed by atoms with Crippen molar-refractivity contribution < 1.29 is 39.3 Å². The number of hydrogen-bond donors (Lipinski definition) is 0. The van der Waals surface area contributed by atoms with Crippen LogP contribution in [0, 0.1) is 13.8 Å². The number of carbonyl (C=O) groups excluding carboxylic acids is 2. The maximum absolute atomic E-state index is 10.0. The molecule has 0 N–H and O–H groups in total.